The average Bonchev–Trinajstić information content (AvgIpc) is 2.82. The topological polar surface area (TPSA) is 72.0 Å². The first-order chi connectivity index (χ1) is 8.13. The lowest BCUT2D eigenvalue weighted by molar-refractivity contribution is 0.0360. The first kappa shape index (κ1) is 14.9. The highest BCUT2D eigenvalue weighted by Crippen LogP contribution is 2.23. The van der Waals surface area contributed by atoms with Crippen molar-refractivity contribution in [3.63, 3.8) is 0 Å². The van der Waals surface area contributed by atoms with Crippen LogP contribution in [0.1, 0.15) is 38.9 Å². The Balaban J connectivity index is 2.24. The molecule has 1 rings (SSSR count). The van der Waals surface area contributed by atoms with Crippen molar-refractivity contribution in [3.05, 3.63) is 5.82 Å². The van der Waals surface area contributed by atoms with E-state index >= 15 is 0 Å². The standard InChI is InChI=1S/C11H21N3OS2/c1-3-9-13-10(17-14-9)16-7-5-6-11(15,4-2)8-12/h15H,3-8,12H2,1-2H3. The Morgan fingerprint density at radius 3 is 2.76 bits per heavy atom. The molecule has 4 nitrogen and oxygen atoms in total. The van der Waals surface area contributed by atoms with Gasteiger partial charge in [-0.3, -0.25) is 0 Å². The van der Waals surface area contributed by atoms with Crippen LogP contribution in [0.15, 0.2) is 4.34 Å². The minimum atomic E-state index is -0.684. The van der Waals surface area contributed by atoms with Crippen molar-refractivity contribution in [3.8, 4) is 0 Å². The molecule has 98 valence electrons. The van der Waals surface area contributed by atoms with Gasteiger partial charge >= 0.3 is 0 Å². The Morgan fingerprint density at radius 2 is 2.24 bits per heavy atom. The Morgan fingerprint density at radius 1 is 1.47 bits per heavy atom. The second kappa shape index (κ2) is 7.31. The van der Waals surface area contributed by atoms with Crippen LogP contribution in [0.25, 0.3) is 0 Å². The van der Waals surface area contributed by atoms with E-state index in [1.54, 1.807) is 11.8 Å². The van der Waals surface area contributed by atoms with Gasteiger partial charge in [-0.1, -0.05) is 25.6 Å². The van der Waals surface area contributed by atoms with Crippen LogP contribution in [-0.2, 0) is 6.42 Å². The van der Waals surface area contributed by atoms with Crippen LogP contribution in [0.4, 0.5) is 0 Å². The van der Waals surface area contributed by atoms with Gasteiger partial charge in [-0.15, -0.1) is 0 Å². The van der Waals surface area contributed by atoms with Gasteiger partial charge in [0.15, 0.2) is 4.34 Å². The Bertz CT molecular complexity index is 326. The fourth-order valence-corrected chi connectivity index (χ4v) is 3.13. The van der Waals surface area contributed by atoms with Gasteiger partial charge in [0.1, 0.15) is 5.82 Å². The highest BCUT2D eigenvalue weighted by molar-refractivity contribution is 8.00. The number of thioether (sulfide) groups is 1. The van der Waals surface area contributed by atoms with E-state index in [0.717, 1.165) is 35.2 Å². The first-order valence-electron chi connectivity index (χ1n) is 6.01. The van der Waals surface area contributed by atoms with Gasteiger partial charge in [-0.05, 0) is 30.8 Å². The van der Waals surface area contributed by atoms with E-state index < -0.39 is 5.60 Å². The van der Waals surface area contributed by atoms with E-state index in [0.29, 0.717) is 13.0 Å². The summed E-state index contributed by atoms with van der Waals surface area (Å²) >= 11 is 3.17. The van der Waals surface area contributed by atoms with E-state index in [4.69, 9.17) is 5.73 Å². The molecule has 17 heavy (non-hydrogen) atoms. The molecule has 1 atom stereocenters. The molecular weight excluding hydrogens is 254 g/mol. The molecule has 0 aliphatic carbocycles. The maximum Gasteiger partial charge on any atom is 0.170 e. The summed E-state index contributed by atoms with van der Waals surface area (Å²) in [6.07, 6.45) is 3.31. The van der Waals surface area contributed by atoms with Crippen molar-refractivity contribution in [2.75, 3.05) is 12.3 Å². The van der Waals surface area contributed by atoms with Crippen molar-refractivity contribution in [1.29, 1.82) is 0 Å². The zero-order valence-electron chi connectivity index (χ0n) is 10.5. The molecule has 1 aromatic rings. The normalized spacial score (nSPS) is 14.8. The highest BCUT2D eigenvalue weighted by atomic mass is 32.2. The van der Waals surface area contributed by atoms with Gasteiger partial charge in [0.05, 0.1) is 5.60 Å². The molecule has 0 amide bonds. The predicted octanol–water partition coefficient (Wildman–Crippen LogP) is 2.07. The van der Waals surface area contributed by atoms with Crippen molar-refractivity contribution in [1.82, 2.24) is 9.36 Å². The molecule has 3 N–H and O–H groups in total. The molecule has 1 heterocycles. The number of hydrogen-bond donors (Lipinski definition) is 2. The molecule has 0 aliphatic rings. The summed E-state index contributed by atoms with van der Waals surface area (Å²) in [5.74, 6) is 1.88. The molecule has 1 aromatic heterocycles. The van der Waals surface area contributed by atoms with Gasteiger partial charge < -0.3 is 10.8 Å². The van der Waals surface area contributed by atoms with E-state index in [1.165, 1.54) is 11.5 Å². The zero-order valence-corrected chi connectivity index (χ0v) is 12.1. The van der Waals surface area contributed by atoms with E-state index in [2.05, 4.69) is 16.3 Å². The monoisotopic (exact) mass is 275 g/mol. The van der Waals surface area contributed by atoms with Crippen LogP contribution in [0.3, 0.4) is 0 Å². The van der Waals surface area contributed by atoms with Crippen molar-refractivity contribution >= 4 is 23.3 Å². The summed E-state index contributed by atoms with van der Waals surface area (Å²) in [6.45, 7) is 4.37. The third kappa shape index (κ3) is 4.91. The smallest absolute Gasteiger partial charge is 0.170 e. The molecule has 0 aromatic carbocycles. The van der Waals surface area contributed by atoms with Crippen LogP contribution in [0.2, 0.25) is 0 Å². The van der Waals surface area contributed by atoms with Gasteiger partial charge in [-0.2, -0.15) is 4.37 Å². The van der Waals surface area contributed by atoms with Crippen molar-refractivity contribution in [2.24, 2.45) is 5.73 Å². The summed E-state index contributed by atoms with van der Waals surface area (Å²) in [7, 11) is 0. The maximum absolute atomic E-state index is 10.0. The Labute approximate surface area is 111 Å². The zero-order chi connectivity index (χ0) is 12.7. The average molecular weight is 275 g/mol. The van der Waals surface area contributed by atoms with Gasteiger partial charge in [-0.25, -0.2) is 4.98 Å². The van der Waals surface area contributed by atoms with E-state index in [-0.39, 0.29) is 0 Å². The van der Waals surface area contributed by atoms with E-state index in [1.807, 2.05) is 6.92 Å². The minimum absolute atomic E-state index is 0.340. The SMILES string of the molecule is CCc1nsc(SCCCC(O)(CC)CN)n1. The summed E-state index contributed by atoms with van der Waals surface area (Å²) in [5, 5.41) is 10.0. The lowest BCUT2D eigenvalue weighted by Gasteiger charge is -2.24. The molecule has 1 unspecified atom stereocenters. The van der Waals surface area contributed by atoms with Crippen molar-refractivity contribution < 1.29 is 5.11 Å². The maximum atomic E-state index is 10.0. The number of nitrogens with zero attached hydrogens (tertiary/aromatic N) is 2. The third-order valence-electron chi connectivity index (χ3n) is 2.82. The number of nitrogens with two attached hydrogens (primary N) is 1. The largest absolute Gasteiger partial charge is 0.389 e. The Hall–Kier alpha value is -0.170. The number of aryl methyl sites for hydroxylation is 1. The van der Waals surface area contributed by atoms with Gasteiger partial charge in [0, 0.05) is 18.7 Å². The highest BCUT2D eigenvalue weighted by Gasteiger charge is 2.21. The fraction of sp³-hybridized carbons (Fsp3) is 0.818. The van der Waals surface area contributed by atoms with Crippen LogP contribution in [-0.4, -0.2) is 32.4 Å². The van der Waals surface area contributed by atoms with Gasteiger partial charge in [0.25, 0.3) is 0 Å². The number of hydrogen-bond acceptors (Lipinski definition) is 6. The van der Waals surface area contributed by atoms with Crippen LogP contribution < -0.4 is 5.73 Å². The third-order valence-corrected chi connectivity index (χ3v) is 4.77. The summed E-state index contributed by atoms with van der Waals surface area (Å²) in [6, 6.07) is 0. The van der Waals surface area contributed by atoms with E-state index in [9.17, 15) is 5.11 Å². The predicted molar refractivity (Wildman–Crippen MR) is 73.5 cm³/mol. The molecule has 0 radical (unpaired) electrons. The van der Waals surface area contributed by atoms with Gasteiger partial charge in [0.2, 0.25) is 0 Å². The second-order valence-corrected chi connectivity index (χ2v) is 6.16. The van der Waals surface area contributed by atoms with Crippen molar-refractivity contribution in [2.45, 2.75) is 49.5 Å². The minimum Gasteiger partial charge on any atom is -0.389 e. The molecule has 0 aliphatic heterocycles. The summed E-state index contributed by atoms with van der Waals surface area (Å²) in [5.41, 5.74) is 4.87. The molecule has 0 saturated heterocycles. The molecule has 0 spiro atoms. The molecule has 0 bridgehead atoms. The number of aromatic nitrogens is 2. The lowest BCUT2D eigenvalue weighted by atomic mass is 9.95. The summed E-state index contributed by atoms with van der Waals surface area (Å²) < 4.78 is 5.26. The first-order valence-corrected chi connectivity index (χ1v) is 7.77. The Kier molecular flexibility index (Phi) is 6.40. The quantitative estimate of drug-likeness (QED) is 0.561. The molecule has 6 heteroatoms. The molecular formula is C11H21N3OS2. The summed E-state index contributed by atoms with van der Waals surface area (Å²) in [4.78, 5) is 4.39. The molecule has 0 saturated carbocycles. The lowest BCUT2D eigenvalue weighted by Crippen LogP contribution is -2.36. The van der Waals surface area contributed by atoms with Crippen LogP contribution >= 0.6 is 23.3 Å². The second-order valence-electron chi connectivity index (χ2n) is 4.06. The van der Waals surface area contributed by atoms with Crippen LogP contribution in [0.5, 0.6) is 0 Å². The molecule has 0 fully saturated rings. The fourth-order valence-electron chi connectivity index (χ4n) is 1.42. The van der Waals surface area contributed by atoms with Crippen LogP contribution in [0, 0.1) is 0 Å². The number of aliphatic hydroxyl groups is 1. The number of rotatable bonds is 8.